The molecule has 2 N–H and O–H groups in total. The fourth-order valence-corrected chi connectivity index (χ4v) is 3.77. The summed E-state index contributed by atoms with van der Waals surface area (Å²) in [6.07, 6.45) is 0. The molecule has 0 saturated heterocycles. The third kappa shape index (κ3) is 5.27. The van der Waals surface area contributed by atoms with E-state index in [2.05, 4.69) is 10.0 Å². The van der Waals surface area contributed by atoms with Gasteiger partial charge in [-0.05, 0) is 54.8 Å². The summed E-state index contributed by atoms with van der Waals surface area (Å²) < 4.78 is 46.6. The van der Waals surface area contributed by atoms with Crippen molar-refractivity contribution in [1.29, 1.82) is 0 Å². The summed E-state index contributed by atoms with van der Waals surface area (Å²) in [6.45, 7) is 5.17. The molecule has 6 nitrogen and oxygen atoms in total. The number of methoxy groups -OCH3 is 1. The predicted molar refractivity (Wildman–Crippen MR) is 102 cm³/mol. The number of hydrogen-bond donors (Lipinski definition) is 2. The minimum Gasteiger partial charge on any atom is -0.497 e. The second-order valence-corrected chi connectivity index (χ2v) is 8.21. The van der Waals surface area contributed by atoms with Crippen molar-refractivity contribution in [1.82, 2.24) is 4.72 Å². The van der Waals surface area contributed by atoms with E-state index < -0.39 is 27.8 Å². The third-order valence-electron chi connectivity index (χ3n) is 3.98. The van der Waals surface area contributed by atoms with E-state index in [-0.39, 0.29) is 16.5 Å². The van der Waals surface area contributed by atoms with Crippen LogP contribution >= 0.6 is 0 Å². The van der Waals surface area contributed by atoms with Crippen LogP contribution in [0.1, 0.15) is 19.4 Å². The molecule has 0 spiro atoms. The van der Waals surface area contributed by atoms with E-state index in [1.807, 2.05) is 0 Å². The number of amides is 1. The van der Waals surface area contributed by atoms with Gasteiger partial charge < -0.3 is 10.1 Å². The average Bonchev–Trinajstić information content (AvgIpc) is 2.62. The Kier molecular flexibility index (Phi) is 6.56. The van der Waals surface area contributed by atoms with E-state index in [0.717, 1.165) is 5.56 Å². The number of benzene rings is 2. The number of sulfonamides is 1. The van der Waals surface area contributed by atoms with Crippen LogP contribution in [0, 0.1) is 18.7 Å². The molecule has 0 unspecified atom stereocenters. The molecule has 8 heteroatoms. The highest BCUT2D eigenvalue weighted by Crippen LogP contribution is 2.19. The smallest absolute Gasteiger partial charge is 0.242 e. The molecule has 0 fully saturated rings. The van der Waals surface area contributed by atoms with Crippen molar-refractivity contribution < 1.29 is 22.3 Å². The van der Waals surface area contributed by atoms with Crippen molar-refractivity contribution in [3.05, 3.63) is 53.8 Å². The van der Waals surface area contributed by atoms with Crippen LogP contribution < -0.4 is 14.8 Å². The van der Waals surface area contributed by atoms with Gasteiger partial charge in [0.1, 0.15) is 17.6 Å². The lowest BCUT2D eigenvalue weighted by molar-refractivity contribution is -0.118. The highest BCUT2D eigenvalue weighted by molar-refractivity contribution is 7.89. The average molecular weight is 394 g/mol. The van der Waals surface area contributed by atoms with Gasteiger partial charge in [-0.1, -0.05) is 19.9 Å². The number of hydrogen-bond acceptors (Lipinski definition) is 4. The van der Waals surface area contributed by atoms with Crippen LogP contribution in [0.4, 0.5) is 10.1 Å². The van der Waals surface area contributed by atoms with E-state index in [1.165, 1.54) is 43.5 Å². The van der Waals surface area contributed by atoms with E-state index in [4.69, 9.17) is 4.74 Å². The van der Waals surface area contributed by atoms with Crippen LogP contribution in [0.25, 0.3) is 0 Å². The molecular formula is C19H23FN2O4S. The van der Waals surface area contributed by atoms with Gasteiger partial charge >= 0.3 is 0 Å². The zero-order chi connectivity index (χ0) is 20.2. The molecule has 0 aliphatic heterocycles. The Bertz CT molecular complexity index is 912. The SMILES string of the molecule is COc1ccc(S(=O)(=O)N[C@H](C(=O)Nc2cc(C)ccc2F)C(C)C)cc1. The molecular weight excluding hydrogens is 371 g/mol. The summed E-state index contributed by atoms with van der Waals surface area (Å²) in [5.74, 6) is -1.06. The predicted octanol–water partition coefficient (Wildman–Crippen LogP) is 3.08. The standard InChI is InChI=1S/C19H23FN2O4S/c1-12(2)18(19(23)21-17-11-13(3)5-10-16(17)20)22-27(24,25)15-8-6-14(26-4)7-9-15/h5-12,18,22H,1-4H3,(H,21,23)/t18-/m0/s1. The van der Waals surface area contributed by atoms with Crippen LogP contribution in [0.2, 0.25) is 0 Å². The van der Waals surface area contributed by atoms with Crippen molar-refractivity contribution in [2.45, 2.75) is 31.7 Å². The zero-order valence-corrected chi connectivity index (χ0v) is 16.4. The third-order valence-corrected chi connectivity index (χ3v) is 5.44. The Balaban J connectivity index is 2.23. The molecule has 146 valence electrons. The lowest BCUT2D eigenvalue weighted by Gasteiger charge is -2.22. The summed E-state index contributed by atoms with van der Waals surface area (Å²) >= 11 is 0. The first-order valence-corrected chi connectivity index (χ1v) is 9.86. The van der Waals surface area contributed by atoms with E-state index in [0.29, 0.717) is 5.75 Å². The number of anilines is 1. The summed E-state index contributed by atoms with van der Waals surface area (Å²) in [6, 6.07) is 9.05. The van der Waals surface area contributed by atoms with Gasteiger partial charge in [0.25, 0.3) is 0 Å². The maximum Gasteiger partial charge on any atom is 0.242 e. The largest absolute Gasteiger partial charge is 0.497 e. The minimum absolute atomic E-state index is 0.00323. The Morgan fingerprint density at radius 3 is 2.30 bits per heavy atom. The first-order chi connectivity index (χ1) is 12.6. The molecule has 0 bridgehead atoms. The normalized spacial score (nSPS) is 12.7. The molecule has 0 heterocycles. The lowest BCUT2D eigenvalue weighted by atomic mass is 10.0. The van der Waals surface area contributed by atoms with E-state index in [9.17, 15) is 17.6 Å². The lowest BCUT2D eigenvalue weighted by Crippen LogP contribution is -2.47. The maximum absolute atomic E-state index is 13.9. The van der Waals surface area contributed by atoms with Gasteiger partial charge in [0.2, 0.25) is 15.9 Å². The molecule has 2 rings (SSSR count). The minimum atomic E-state index is -3.95. The van der Waals surface area contributed by atoms with Gasteiger partial charge in [-0.25, -0.2) is 12.8 Å². The monoisotopic (exact) mass is 394 g/mol. The van der Waals surface area contributed by atoms with E-state index >= 15 is 0 Å². The molecule has 2 aromatic rings. The Morgan fingerprint density at radius 2 is 1.74 bits per heavy atom. The highest BCUT2D eigenvalue weighted by Gasteiger charge is 2.29. The molecule has 0 saturated carbocycles. The molecule has 2 aromatic carbocycles. The number of ether oxygens (including phenoxy) is 1. The second-order valence-electron chi connectivity index (χ2n) is 6.49. The van der Waals surface area contributed by atoms with Gasteiger partial charge in [-0.2, -0.15) is 4.72 Å². The van der Waals surface area contributed by atoms with Crippen LogP contribution in [0.3, 0.4) is 0 Å². The van der Waals surface area contributed by atoms with Crippen molar-refractivity contribution in [3.63, 3.8) is 0 Å². The van der Waals surface area contributed by atoms with Gasteiger partial charge in [-0.3, -0.25) is 4.79 Å². The van der Waals surface area contributed by atoms with Crippen molar-refractivity contribution in [2.75, 3.05) is 12.4 Å². The van der Waals surface area contributed by atoms with Crippen molar-refractivity contribution >= 4 is 21.6 Å². The number of halogens is 1. The van der Waals surface area contributed by atoms with E-state index in [1.54, 1.807) is 26.8 Å². The summed E-state index contributed by atoms with van der Waals surface area (Å²) in [4.78, 5) is 12.6. The van der Waals surface area contributed by atoms with Gasteiger partial charge in [0, 0.05) is 0 Å². The quantitative estimate of drug-likeness (QED) is 0.756. The van der Waals surface area contributed by atoms with Crippen molar-refractivity contribution in [2.24, 2.45) is 5.92 Å². The Morgan fingerprint density at radius 1 is 1.11 bits per heavy atom. The molecule has 27 heavy (non-hydrogen) atoms. The molecule has 0 aliphatic carbocycles. The van der Waals surface area contributed by atoms with Crippen LogP contribution in [0.15, 0.2) is 47.4 Å². The van der Waals surface area contributed by atoms with Crippen LogP contribution in [0.5, 0.6) is 5.75 Å². The first kappa shape index (κ1) is 20.9. The van der Waals surface area contributed by atoms with Gasteiger partial charge in [0.05, 0.1) is 17.7 Å². The number of aryl methyl sites for hydroxylation is 1. The molecule has 0 aliphatic rings. The number of nitrogens with one attached hydrogen (secondary N) is 2. The summed E-state index contributed by atoms with van der Waals surface area (Å²) in [7, 11) is -2.47. The second kappa shape index (κ2) is 8.49. The van der Waals surface area contributed by atoms with Crippen LogP contribution in [-0.2, 0) is 14.8 Å². The number of carbonyl (C=O) groups excluding carboxylic acids is 1. The van der Waals surface area contributed by atoms with Gasteiger partial charge in [-0.15, -0.1) is 0 Å². The topological polar surface area (TPSA) is 84.5 Å². The molecule has 1 amide bonds. The number of rotatable bonds is 7. The van der Waals surface area contributed by atoms with Crippen LogP contribution in [-0.4, -0.2) is 27.5 Å². The number of carbonyl (C=O) groups is 1. The fraction of sp³-hybridized carbons (Fsp3) is 0.316. The summed E-state index contributed by atoms with van der Waals surface area (Å²) in [5.41, 5.74) is 0.779. The molecule has 0 aromatic heterocycles. The summed E-state index contributed by atoms with van der Waals surface area (Å²) in [5, 5.41) is 2.46. The maximum atomic E-state index is 13.9. The Hall–Kier alpha value is -2.45. The zero-order valence-electron chi connectivity index (χ0n) is 15.6. The fourth-order valence-electron chi connectivity index (χ4n) is 2.43. The molecule has 1 atom stereocenters. The van der Waals surface area contributed by atoms with Crippen molar-refractivity contribution in [3.8, 4) is 5.75 Å². The molecule has 0 radical (unpaired) electrons. The van der Waals surface area contributed by atoms with Gasteiger partial charge in [0.15, 0.2) is 0 Å². The first-order valence-electron chi connectivity index (χ1n) is 8.37. The highest BCUT2D eigenvalue weighted by atomic mass is 32.2. The Labute approximate surface area is 158 Å².